The summed E-state index contributed by atoms with van der Waals surface area (Å²) in [6.45, 7) is 5.10. The van der Waals surface area contributed by atoms with Crippen molar-refractivity contribution < 1.29 is 24.3 Å². The minimum Gasteiger partial charge on any atom is -0.489 e. The van der Waals surface area contributed by atoms with Crippen LogP contribution in [0.1, 0.15) is 78.9 Å². The van der Waals surface area contributed by atoms with Crippen LogP contribution in [0.2, 0.25) is 15.1 Å². The highest BCUT2D eigenvalue weighted by atomic mass is 35.5. The van der Waals surface area contributed by atoms with Crippen molar-refractivity contribution in [2.75, 3.05) is 18.0 Å². The van der Waals surface area contributed by atoms with Crippen molar-refractivity contribution in [1.29, 1.82) is 0 Å². The van der Waals surface area contributed by atoms with Crippen molar-refractivity contribution in [3.63, 3.8) is 0 Å². The van der Waals surface area contributed by atoms with Crippen molar-refractivity contribution >= 4 is 46.6 Å². The van der Waals surface area contributed by atoms with Crippen LogP contribution >= 0.6 is 34.8 Å². The molecule has 0 atom stereocenters. The second kappa shape index (κ2) is 11.7. The molecule has 9 nitrogen and oxygen atoms in total. The van der Waals surface area contributed by atoms with Gasteiger partial charge < -0.3 is 24.4 Å². The van der Waals surface area contributed by atoms with E-state index in [2.05, 4.69) is 15.2 Å². The number of carboxylic acids is 1. The number of benzene rings is 2. The summed E-state index contributed by atoms with van der Waals surface area (Å²) in [4.78, 5) is 13.6. The maximum Gasteiger partial charge on any atom is 0.356 e. The lowest BCUT2D eigenvalue weighted by Gasteiger charge is -2.40. The van der Waals surface area contributed by atoms with Crippen LogP contribution in [0.4, 0.5) is 5.82 Å². The molecule has 3 heterocycles. The normalized spacial score (nSPS) is 16.6. The molecule has 0 spiro atoms. The van der Waals surface area contributed by atoms with E-state index in [9.17, 15) is 15.0 Å². The second-order valence-electron chi connectivity index (χ2n) is 11.4. The zero-order valence-corrected chi connectivity index (χ0v) is 26.0. The molecule has 2 aromatic heterocycles. The van der Waals surface area contributed by atoms with Crippen molar-refractivity contribution in [2.24, 2.45) is 0 Å². The largest absolute Gasteiger partial charge is 0.489 e. The molecule has 4 aromatic rings. The third kappa shape index (κ3) is 5.83. The summed E-state index contributed by atoms with van der Waals surface area (Å²) in [6.07, 6.45) is 2.86. The molecule has 0 amide bonds. The lowest BCUT2D eigenvalue weighted by atomic mass is 9.84. The highest BCUT2D eigenvalue weighted by molar-refractivity contribution is 6.39. The maximum atomic E-state index is 11.6. The van der Waals surface area contributed by atoms with E-state index in [0.29, 0.717) is 69.5 Å². The second-order valence-corrected chi connectivity index (χ2v) is 12.6. The molecule has 1 aliphatic carbocycles. The number of nitrogens with zero attached hydrogens (tertiary/aromatic N) is 4. The summed E-state index contributed by atoms with van der Waals surface area (Å²) in [5.41, 5.74) is 1.45. The molecule has 1 saturated heterocycles. The molecule has 6 rings (SSSR count). The van der Waals surface area contributed by atoms with Gasteiger partial charge in [-0.25, -0.2) is 9.48 Å². The van der Waals surface area contributed by atoms with Crippen LogP contribution in [0.3, 0.4) is 0 Å². The Bertz CT molecular complexity index is 1650. The maximum absolute atomic E-state index is 11.6. The van der Waals surface area contributed by atoms with Crippen LogP contribution in [-0.4, -0.2) is 44.2 Å². The number of hydrogen-bond donors (Lipinski definition) is 2. The van der Waals surface area contributed by atoms with Gasteiger partial charge in [-0.15, -0.1) is 0 Å². The SMILES string of the molecule is CC(C)n1nc(C(=O)O)cc1N1CCC(O)(c2ccc(OCc3c(-c4c(Cl)cccc4Cl)noc3C3CC3)cc2Cl)CC1. The predicted molar refractivity (Wildman–Crippen MR) is 165 cm³/mol. The Morgan fingerprint density at radius 1 is 1.09 bits per heavy atom. The number of hydrogen-bond acceptors (Lipinski definition) is 7. The Balaban J connectivity index is 1.18. The summed E-state index contributed by atoms with van der Waals surface area (Å²) >= 11 is 19.7. The molecule has 0 radical (unpaired) electrons. The topological polar surface area (TPSA) is 114 Å². The zero-order chi connectivity index (χ0) is 30.5. The Labute approximate surface area is 263 Å². The van der Waals surface area contributed by atoms with Gasteiger partial charge in [-0.2, -0.15) is 5.10 Å². The Morgan fingerprint density at radius 3 is 2.40 bits per heavy atom. The summed E-state index contributed by atoms with van der Waals surface area (Å²) in [5.74, 6) is 1.27. The number of carboxylic acid groups (broad SMARTS) is 1. The minimum atomic E-state index is -1.15. The molecule has 12 heteroatoms. The monoisotopic (exact) mass is 644 g/mol. The molecule has 2 N–H and O–H groups in total. The van der Waals surface area contributed by atoms with Gasteiger partial charge in [0.2, 0.25) is 0 Å². The van der Waals surface area contributed by atoms with Crippen LogP contribution < -0.4 is 9.64 Å². The van der Waals surface area contributed by atoms with Gasteiger partial charge in [0.05, 0.1) is 26.2 Å². The Kier molecular flexibility index (Phi) is 8.10. The molecule has 1 saturated carbocycles. The molecule has 2 aromatic carbocycles. The van der Waals surface area contributed by atoms with E-state index >= 15 is 0 Å². The fourth-order valence-corrected chi connectivity index (χ4v) is 6.57. The lowest BCUT2D eigenvalue weighted by Crippen LogP contribution is -2.43. The number of rotatable bonds is 9. The molecule has 226 valence electrons. The number of aliphatic hydroxyl groups is 1. The molecular weight excluding hydrogens is 615 g/mol. The zero-order valence-electron chi connectivity index (χ0n) is 23.7. The van der Waals surface area contributed by atoms with Gasteiger partial charge in [-0.1, -0.05) is 52.1 Å². The van der Waals surface area contributed by atoms with E-state index in [1.54, 1.807) is 47.1 Å². The predicted octanol–water partition coefficient (Wildman–Crippen LogP) is 7.72. The Hall–Kier alpha value is -3.24. The average Bonchev–Trinajstić information content (AvgIpc) is 3.56. The van der Waals surface area contributed by atoms with E-state index in [4.69, 9.17) is 44.1 Å². The number of ether oxygens (including phenoxy) is 1. The van der Waals surface area contributed by atoms with Crippen molar-refractivity contribution in [3.8, 4) is 17.0 Å². The van der Waals surface area contributed by atoms with E-state index in [-0.39, 0.29) is 18.3 Å². The van der Waals surface area contributed by atoms with Gasteiger partial charge in [-0.05, 0) is 63.8 Å². The lowest BCUT2D eigenvalue weighted by molar-refractivity contribution is 0.0115. The summed E-state index contributed by atoms with van der Waals surface area (Å²) in [5, 5.41) is 31.0. The van der Waals surface area contributed by atoms with Gasteiger partial charge >= 0.3 is 5.97 Å². The van der Waals surface area contributed by atoms with Gasteiger partial charge in [0.15, 0.2) is 5.69 Å². The summed E-state index contributed by atoms with van der Waals surface area (Å²) < 4.78 is 13.6. The van der Waals surface area contributed by atoms with Crippen LogP contribution in [0.5, 0.6) is 5.75 Å². The first-order valence-corrected chi connectivity index (χ1v) is 15.3. The third-order valence-corrected chi connectivity index (χ3v) is 9.07. The highest BCUT2D eigenvalue weighted by Gasteiger charge is 2.37. The standard InChI is InChI=1S/C31H31Cl3N4O5/c1-17(2)38-26(15-25(35-38)30(39)40)37-12-10-31(41,11-13-37)21-9-8-19(14-24(21)34)42-16-20-28(36-43-29(20)18-6-7-18)27-22(32)4-3-5-23(27)33/h3-5,8-9,14-15,17-18,41H,6-7,10-13,16H2,1-2H3,(H,39,40). The summed E-state index contributed by atoms with van der Waals surface area (Å²) in [6, 6.07) is 12.2. The fraction of sp³-hybridized carbons (Fsp3) is 0.387. The number of carbonyl (C=O) groups is 1. The van der Waals surface area contributed by atoms with Gasteiger partial charge in [0, 0.05) is 42.2 Å². The molecular formula is C31H31Cl3N4O5. The molecule has 1 aliphatic heterocycles. The van der Waals surface area contributed by atoms with Gasteiger partial charge in [0.1, 0.15) is 29.6 Å². The molecule has 2 aliphatic rings. The minimum absolute atomic E-state index is 0.000654. The first kappa shape index (κ1) is 29.8. The van der Waals surface area contributed by atoms with Crippen molar-refractivity contribution in [1.82, 2.24) is 14.9 Å². The smallest absolute Gasteiger partial charge is 0.356 e. The Morgan fingerprint density at radius 2 is 1.79 bits per heavy atom. The van der Waals surface area contributed by atoms with Crippen LogP contribution in [0.15, 0.2) is 47.0 Å². The number of anilines is 1. The van der Waals surface area contributed by atoms with E-state index in [0.717, 1.165) is 30.0 Å². The van der Waals surface area contributed by atoms with E-state index in [1.807, 2.05) is 13.8 Å². The fourth-order valence-electron chi connectivity index (χ4n) is 5.65. The molecule has 0 unspecified atom stereocenters. The average molecular weight is 646 g/mol. The van der Waals surface area contributed by atoms with E-state index < -0.39 is 11.6 Å². The van der Waals surface area contributed by atoms with Crippen LogP contribution in [0.25, 0.3) is 11.3 Å². The molecule has 2 fully saturated rings. The van der Waals surface area contributed by atoms with Crippen LogP contribution in [0, 0.1) is 0 Å². The van der Waals surface area contributed by atoms with Gasteiger partial charge in [0.25, 0.3) is 0 Å². The molecule has 0 bridgehead atoms. The summed E-state index contributed by atoms with van der Waals surface area (Å²) in [7, 11) is 0. The van der Waals surface area contributed by atoms with Crippen molar-refractivity contribution in [3.05, 3.63) is 80.1 Å². The van der Waals surface area contributed by atoms with Gasteiger partial charge in [-0.3, -0.25) is 0 Å². The van der Waals surface area contributed by atoms with E-state index in [1.165, 1.54) is 0 Å². The highest BCUT2D eigenvalue weighted by Crippen LogP contribution is 2.46. The molecule has 43 heavy (non-hydrogen) atoms. The third-order valence-electron chi connectivity index (χ3n) is 8.13. The first-order valence-electron chi connectivity index (χ1n) is 14.2. The van der Waals surface area contributed by atoms with Crippen molar-refractivity contribution in [2.45, 2.75) is 63.7 Å². The first-order chi connectivity index (χ1) is 20.6. The number of aromatic carboxylic acids is 1. The number of aromatic nitrogens is 3. The number of halogens is 3. The number of piperidine rings is 1. The quantitative estimate of drug-likeness (QED) is 0.190. The van der Waals surface area contributed by atoms with Crippen LogP contribution in [-0.2, 0) is 12.2 Å².